The number of H-pyrrole nitrogens is 1. The Morgan fingerprint density at radius 1 is 0.875 bits per heavy atom. The van der Waals surface area contributed by atoms with Gasteiger partial charge >= 0.3 is 0 Å². The fraction of sp³-hybridized carbons (Fsp3) is 0.154. The minimum atomic E-state index is -0.154. The van der Waals surface area contributed by atoms with Gasteiger partial charge in [-0.3, -0.25) is 4.40 Å². The SMILES string of the molecule is Cl.NC1(c2ccc(-c3nc4ccc(-c5cnc[nH]5)cn4c3-c3ccccc3)cc2)CCC1. The molecule has 1 aliphatic rings. The maximum Gasteiger partial charge on any atom is 0.137 e. The molecule has 3 N–H and O–H groups in total. The van der Waals surface area contributed by atoms with E-state index in [1.165, 1.54) is 12.0 Å². The molecule has 1 saturated carbocycles. The first kappa shape index (κ1) is 20.5. The van der Waals surface area contributed by atoms with E-state index < -0.39 is 0 Å². The lowest BCUT2D eigenvalue weighted by atomic mass is 9.72. The van der Waals surface area contributed by atoms with Gasteiger partial charge in [0.15, 0.2) is 0 Å². The number of fused-ring (bicyclic) bond motifs is 1. The smallest absolute Gasteiger partial charge is 0.137 e. The molecule has 0 bridgehead atoms. The van der Waals surface area contributed by atoms with Gasteiger partial charge in [-0.1, -0.05) is 54.6 Å². The van der Waals surface area contributed by atoms with Crippen molar-refractivity contribution in [3.63, 3.8) is 0 Å². The predicted molar refractivity (Wildman–Crippen MR) is 131 cm³/mol. The van der Waals surface area contributed by atoms with E-state index in [4.69, 9.17) is 10.7 Å². The lowest BCUT2D eigenvalue weighted by Crippen LogP contribution is -2.43. The second kappa shape index (κ2) is 7.93. The number of nitrogens with one attached hydrogen (secondary N) is 1. The molecule has 0 unspecified atom stereocenters. The largest absolute Gasteiger partial charge is 0.345 e. The van der Waals surface area contributed by atoms with Gasteiger partial charge in [0, 0.05) is 28.4 Å². The van der Waals surface area contributed by atoms with Crippen LogP contribution in [0.4, 0.5) is 0 Å². The molecule has 5 nitrogen and oxygen atoms in total. The summed E-state index contributed by atoms with van der Waals surface area (Å²) in [4.78, 5) is 12.4. The summed E-state index contributed by atoms with van der Waals surface area (Å²) >= 11 is 0. The first-order valence-corrected chi connectivity index (χ1v) is 10.7. The number of aromatic nitrogens is 4. The molecule has 1 aliphatic carbocycles. The molecule has 0 radical (unpaired) electrons. The van der Waals surface area contributed by atoms with Crippen molar-refractivity contribution in [2.75, 3.05) is 0 Å². The van der Waals surface area contributed by atoms with Gasteiger partial charge in [-0.05, 0) is 37.0 Å². The average molecular weight is 442 g/mol. The Morgan fingerprint density at radius 3 is 2.28 bits per heavy atom. The zero-order valence-corrected chi connectivity index (χ0v) is 18.3. The average Bonchev–Trinajstić information content (AvgIpc) is 3.46. The van der Waals surface area contributed by atoms with Crippen LogP contribution in [0.1, 0.15) is 24.8 Å². The molecule has 6 heteroatoms. The van der Waals surface area contributed by atoms with Crippen LogP contribution in [0.15, 0.2) is 85.5 Å². The number of hydrogen-bond donors (Lipinski definition) is 2. The molecular formula is C26H24ClN5. The Morgan fingerprint density at radius 2 is 1.62 bits per heavy atom. The molecule has 0 atom stereocenters. The van der Waals surface area contributed by atoms with Crippen LogP contribution >= 0.6 is 12.4 Å². The van der Waals surface area contributed by atoms with Gasteiger partial charge in [0.25, 0.3) is 0 Å². The Bertz CT molecular complexity index is 1350. The molecule has 32 heavy (non-hydrogen) atoms. The van der Waals surface area contributed by atoms with E-state index in [-0.39, 0.29) is 17.9 Å². The van der Waals surface area contributed by atoms with E-state index in [1.54, 1.807) is 6.33 Å². The number of nitrogens with two attached hydrogens (primary N) is 1. The molecule has 6 rings (SSSR count). The van der Waals surface area contributed by atoms with Crippen molar-refractivity contribution in [1.82, 2.24) is 19.4 Å². The fourth-order valence-electron chi connectivity index (χ4n) is 4.50. The summed E-state index contributed by atoms with van der Waals surface area (Å²) in [6.45, 7) is 0. The van der Waals surface area contributed by atoms with Gasteiger partial charge in [0.1, 0.15) is 5.65 Å². The number of aromatic amines is 1. The van der Waals surface area contributed by atoms with E-state index in [0.29, 0.717) is 0 Å². The molecule has 0 aliphatic heterocycles. The third-order valence-electron chi connectivity index (χ3n) is 6.45. The number of hydrogen-bond acceptors (Lipinski definition) is 3. The van der Waals surface area contributed by atoms with Crippen LogP contribution in [-0.2, 0) is 5.54 Å². The number of imidazole rings is 2. The van der Waals surface area contributed by atoms with Gasteiger partial charge in [0.2, 0.25) is 0 Å². The highest BCUT2D eigenvalue weighted by Gasteiger charge is 2.34. The van der Waals surface area contributed by atoms with Crippen molar-refractivity contribution >= 4 is 18.1 Å². The summed E-state index contributed by atoms with van der Waals surface area (Å²) in [5.41, 5.74) is 14.8. The van der Waals surface area contributed by atoms with Gasteiger partial charge < -0.3 is 10.7 Å². The molecule has 3 heterocycles. The van der Waals surface area contributed by atoms with E-state index in [0.717, 1.165) is 52.3 Å². The standard InChI is InChI=1S/C26H23N5.ClH/c27-26(13-4-14-26)21-10-7-18(8-11-21)24-25(19-5-2-1-3-6-19)31-16-20(9-12-23(31)30-24)22-15-28-17-29-22;/h1-3,5-12,15-17H,4,13-14,27H2,(H,28,29);1H. The summed E-state index contributed by atoms with van der Waals surface area (Å²) in [7, 11) is 0. The molecule has 0 spiro atoms. The zero-order chi connectivity index (χ0) is 20.8. The summed E-state index contributed by atoms with van der Waals surface area (Å²) in [5, 5.41) is 0. The maximum atomic E-state index is 6.53. The summed E-state index contributed by atoms with van der Waals surface area (Å²) in [6.07, 6.45) is 8.99. The monoisotopic (exact) mass is 441 g/mol. The topological polar surface area (TPSA) is 72.0 Å². The van der Waals surface area contributed by atoms with Crippen LogP contribution in [0, 0.1) is 0 Å². The molecule has 3 aromatic heterocycles. The Kier molecular flexibility index (Phi) is 5.08. The van der Waals surface area contributed by atoms with E-state index >= 15 is 0 Å². The zero-order valence-electron chi connectivity index (χ0n) is 17.5. The third kappa shape index (κ3) is 3.30. The highest BCUT2D eigenvalue weighted by molar-refractivity contribution is 5.85. The molecule has 1 fully saturated rings. The van der Waals surface area contributed by atoms with Gasteiger partial charge in [0.05, 0.1) is 29.6 Å². The lowest BCUT2D eigenvalue weighted by molar-refractivity contribution is 0.253. The van der Waals surface area contributed by atoms with E-state index in [1.807, 2.05) is 12.3 Å². The summed E-state index contributed by atoms with van der Waals surface area (Å²) in [5.74, 6) is 0. The van der Waals surface area contributed by atoms with Crippen LogP contribution < -0.4 is 5.73 Å². The van der Waals surface area contributed by atoms with Crippen LogP contribution in [0.5, 0.6) is 0 Å². The van der Waals surface area contributed by atoms with E-state index in [9.17, 15) is 0 Å². The summed E-state index contributed by atoms with van der Waals surface area (Å²) < 4.78 is 2.17. The van der Waals surface area contributed by atoms with Crippen molar-refractivity contribution in [3.05, 3.63) is 91.0 Å². The molecule has 2 aromatic carbocycles. The number of nitrogens with zero attached hydrogens (tertiary/aromatic N) is 3. The summed E-state index contributed by atoms with van der Waals surface area (Å²) in [6, 6.07) is 23.2. The Hall–Kier alpha value is -3.41. The molecule has 0 saturated heterocycles. The quantitative estimate of drug-likeness (QED) is 0.369. The maximum absolute atomic E-state index is 6.53. The number of halogens is 1. The van der Waals surface area contributed by atoms with E-state index in [2.05, 4.69) is 81.2 Å². The highest BCUT2D eigenvalue weighted by atomic mass is 35.5. The minimum absolute atomic E-state index is 0. The van der Waals surface area contributed by atoms with Crippen LogP contribution in [0.3, 0.4) is 0 Å². The van der Waals surface area contributed by atoms with Gasteiger partial charge in [-0.25, -0.2) is 9.97 Å². The second-order valence-corrected chi connectivity index (χ2v) is 8.37. The fourth-order valence-corrected chi connectivity index (χ4v) is 4.50. The Balaban J connectivity index is 0.00000216. The number of rotatable bonds is 4. The van der Waals surface area contributed by atoms with Crippen molar-refractivity contribution in [3.8, 4) is 33.8 Å². The van der Waals surface area contributed by atoms with Crippen LogP contribution in [0.25, 0.3) is 39.4 Å². The second-order valence-electron chi connectivity index (χ2n) is 8.37. The van der Waals surface area contributed by atoms with Crippen LogP contribution in [0.2, 0.25) is 0 Å². The first-order valence-electron chi connectivity index (χ1n) is 10.7. The van der Waals surface area contributed by atoms with Gasteiger partial charge in [-0.2, -0.15) is 0 Å². The first-order chi connectivity index (χ1) is 15.2. The Labute approximate surface area is 192 Å². The number of pyridine rings is 1. The van der Waals surface area contributed by atoms with Crippen molar-refractivity contribution in [2.24, 2.45) is 5.73 Å². The number of benzene rings is 2. The normalized spacial score (nSPS) is 14.7. The molecular weight excluding hydrogens is 418 g/mol. The van der Waals surface area contributed by atoms with Gasteiger partial charge in [-0.15, -0.1) is 12.4 Å². The van der Waals surface area contributed by atoms with Crippen molar-refractivity contribution in [2.45, 2.75) is 24.8 Å². The highest BCUT2D eigenvalue weighted by Crippen LogP contribution is 2.40. The van der Waals surface area contributed by atoms with Crippen molar-refractivity contribution < 1.29 is 0 Å². The molecule has 5 aromatic rings. The lowest BCUT2D eigenvalue weighted by Gasteiger charge is -2.38. The molecule has 0 amide bonds. The predicted octanol–water partition coefficient (Wildman–Crippen LogP) is 5.82. The minimum Gasteiger partial charge on any atom is -0.345 e. The molecule has 160 valence electrons. The van der Waals surface area contributed by atoms with Crippen molar-refractivity contribution in [1.29, 1.82) is 0 Å². The van der Waals surface area contributed by atoms with Crippen LogP contribution in [-0.4, -0.2) is 19.4 Å². The third-order valence-corrected chi connectivity index (χ3v) is 6.45.